The molecule has 0 aliphatic heterocycles. The Labute approximate surface area is 111 Å². The minimum absolute atomic E-state index is 0.466. The van der Waals surface area contributed by atoms with Crippen molar-refractivity contribution in [1.29, 1.82) is 0 Å². The molecule has 0 unspecified atom stereocenters. The quantitative estimate of drug-likeness (QED) is 0.569. The number of carbonyl (C=O) groups excluding carboxylic acids is 2. The van der Waals surface area contributed by atoms with E-state index in [-0.39, 0.29) is 0 Å². The molecule has 0 amide bonds. The number of aliphatic hydroxyl groups is 1. The Kier molecular flexibility index (Phi) is 4.70. The predicted molar refractivity (Wildman–Crippen MR) is 64.7 cm³/mol. The van der Waals surface area contributed by atoms with Gasteiger partial charge in [0, 0.05) is 6.20 Å². The Balaban J connectivity index is 3.60. The summed E-state index contributed by atoms with van der Waals surface area (Å²) in [7, 11) is 0. The number of aromatic nitrogens is 2. The first-order valence-electron chi connectivity index (χ1n) is 5.47. The van der Waals surface area contributed by atoms with Crippen LogP contribution in [0.5, 0.6) is 0 Å². The van der Waals surface area contributed by atoms with Gasteiger partial charge in [-0.1, -0.05) is 0 Å². The van der Waals surface area contributed by atoms with Crippen LogP contribution >= 0.6 is 0 Å². The van der Waals surface area contributed by atoms with Gasteiger partial charge in [-0.2, -0.15) is 0 Å². The molecule has 0 bridgehead atoms. The zero-order chi connectivity index (χ0) is 15.4. The van der Waals surface area contributed by atoms with Gasteiger partial charge in [-0.3, -0.25) is 28.3 Å². The Morgan fingerprint density at radius 3 is 2.25 bits per heavy atom. The van der Waals surface area contributed by atoms with Crippen molar-refractivity contribution < 1.29 is 24.6 Å². The van der Waals surface area contributed by atoms with E-state index in [0.717, 1.165) is 13.1 Å². The van der Waals surface area contributed by atoms with Gasteiger partial charge < -0.3 is 10.2 Å². The van der Waals surface area contributed by atoms with Gasteiger partial charge in [0.25, 0.3) is 5.56 Å². The summed E-state index contributed by atoms with van der Waals surface area (Å²) in [5.41, 5.74) is -2.59. The van der Waals surface area contributed by atoms with Crippen molar-refractivity contribution in [1.82, 2.24) is 9.13 Å². The van der Waals surface area contributed by atoms with Crippen molar-refractivity contribution in [2.75, 3.05) is 6.61 Å². The van der Waals surface area contributed by atoms with Crippen molar-refractivity contribution >= 4 is 17.5 Å². The first kappa shape index (κ1) is 15.5. The predicted octanol–water partition coefficient (Wildman–Crippen LogP) is -2.14. The third kappa shape index (κ3) is 3.26. The molecule has 0 atom stereocenters. The SMILES string of the molecule is CC(=O)Cn1c(=O)c(C(=O)CO)cn(CC(=O)O)c1=O. The molecule has 0 aromatic carbocycles. The Bertz CT molecular complexity index is 683. The Morgan fingerprint density at radius 2 is 1.80 bits per heavy atom. The van der Waals surface area contributed by atoms with Crippen LogP contribution in [-0.4, -0.2) is 43.5 Å². The summed E-state index contributed by atoms with van der Waals surface area (Å²) in [6.07, 6.45) is 0.772. The van der Waals surface area contributed by atoms with Gasteiger partial charge in [-0.15, -0.1) is 0 Å². The number of hydrogen-bond donors (Lipinski definition) is 2. The fraction of sp³-hybridized carbons (Fsp3) is 0.364. The van der Waals surface area contributed by atoms with Crippen LogP contribution in [0.25, 0.3) is 0 Å². The van der Waals surface area contributed by atoms with E-state index < -0.39 is 54.0 Å². The molecular formula is C11H12N2O7. The number of Topliss-reactive ketones (excluding diaryl/α,β-unsaturated/α-hetero) is 2. The van der Waals surface area contributed by atoms with Crippen molar-refractivity contribution in [2.45, 2.75) is 20.0 Å². The molecule has 108 valence electrons. The third-order valence-electron chi connectivity index (χ3n) is 2.37. The summed E-state index contributed by atoms with van der Waals surface area (Å²) < 4.78 is 1.09. The molecule has 0 saturated heterocycles. The summed E-state index contributed by atoms with van der Waals surface area (Å²) in [5.74, 6) is -2.84. The van der Waals surface area contributed by atoms with Gasteiger partial charge in [-0.05, 0) is 6.92 Å². The summed E-state index contributed by atoms with van der Waals surface area (Å²) in [6.45, 7) is -1.19. The zero-order valence-electron chi connectivity index (χ0n) is 10.5. The molecule has 20 heavy (non-hydrogen) atoms. The van der Waals surface area contributed by atoms with Crippen LogP contribution in [0.15, 0.2) is 15.8 Å². The van der Waals surface area contributed by atoms with Gasteiger partial charge in [-0.25, -0.2) is 4.79 Å². The van der Waals surface area contributed by atoms with Crippen molar-refractivity contribution in [3.05, 3.63) is 32.6 Å². The van der Waals surface area contributed by atoms with E-state index in [2.05, 4.69) is 0 Å². The van der Waals surface area contributed by atoms with Gasteiger partial charge >= 0.3 is 11.7 Å². The molecular weight excluding hydrogens is 272 g/mol. The largest absolute Gasteiger partial charge is 0.480 e. The maximum atomic E-state index is 11.9. The number of carboxylic acids is 1. The van der Waals surface area contributed by atoms with Crippen LogP contribution in [0.1, 0.15) is 17.3 Å². The van der Waals surface area contributed by atoms with Gasteiger partial charge in [0.05, 0.1) is 6.54 Å². The van der Waals surface area contributed by atoms with E-state index in [0.29, 0.717) is 9.13 Å². The van der Waals surface area contributed by atoms with E-state index in [4.69, 9.17) is 10.2 Å². The fourth-order valence-electron chi connectivity index (χ4n) is 1.55. The van der Waals surface area contributed by atoms with Crippen LogP contribution in [0, 0.1) is 0 Å². The van der Waals surface area contributed by atoms with E-state index in [1.54, 1.807) is 0 Å². The molecule has 2 N–H and O–H groups in total. The van der Waals surface area contributed by atoms with Crippen LogP contribution in [-0.2, 0) is 22.7 Å². The molecule has 0 radical (unpaired) electrons. The summed E-state index contributed by atoms with van der Waals surface area (Å²) in [6, 6.07) is 0. The van der Waals surface area contributed by atoms with E-state index in [1.807, 2.05) is 0 Å². The van der Waals surface area contributed by atoms with E-state index in [9.17, 15) is 24.0 Å². The Hall–Kier alpha value is -2.55. The second-order valence-corrected chi connectivity index (χ2v) is 4.02. The van der Waals surface area contributed by atoms with Crippen LogP contribution < -0.4 is 11.2 Å². The van der Waals surface area contributed by atoms with Crippen LogP contribution in [0.4, 0.5) is 0 Å². The molecule has 0 aliphatic carbocycles. The molecule has 0 aliphatic rings. The summed E-state index contributed by atoms with van der Waals surface area (Å²) in [4.78, 5) is 56.8. The van der Waals surface area contributed by atoms with Gasteiger partial charge in [0.1, 0.15) is 24.5 Å². The lowest BCUT2D eigenvalue weighted by atomic mass is 10.2. The lowest BCUT2D eigenvalue weighted by molar-refractivity contribution is -0.137. The van der Waals surface area contributed by atoms with Crippen molar-refractivity contribution in [2.24, 2.45) is 0 Å². The molecule has 0 saturated carbocycles. The number of nitrogens with zero attached hydrogens (tertiary/aromatic N) is 2. The number of aliphatic hydroxyl groups excluding tert-OH is 1. The third-order valence-corrected chi connectivity index (χ3v) is 2.37. The molecule has 1 heterocycles. The lowest BCUT2D eigenvalue weighted by Gasteiger charge is -2.09. The number of carboxylic acid groups (broad SMARTS) is 1. The summed E-state index contributed by atoms with van der Waals surface area (Å²) in [5, 5.41) is 17.4. The summed E-state index contributed by atoms with van der Waals surface area (Å²) >= 11 is 0. The fourth-order valence-corrected chi connectivity index (χ4v) is 1.55. The molecule has 0 spiro atoms. The second kappa shape index (κ2) is 6.06. The highest BCUT2D eigenvalue weighted by atomic mass is 16.4. The highest BCUT2D eigenvalue weighted by Crippen LogP contribution is 1.93. The maximum Gasteiger partial charge on any atom is 0.331 e. The molecule has 9 heteroatoms. The molecule has 1 rings (SSSR count). The highest BCUT2D eigenvalue weighted by Gasteiger charge is 2.18. The zero-order valence-corrected chi connectivity index (χ0v) is 10.5. The van der Waals surface area contributed by atoms with E-state index in [1.165, 1.54) is 0 Å². The minimum atomic E-state index is -1.36. The number of carbonyl (C=O) groups is 3. The maximum absolute atomic E-state index is 11.9. The molecule has 1 aromatic heterocycles. The average molecular weight is 284 g/mol. The first-order chi connectivity index (χ1) is 9.27. The van der Waals surface area contributed by atoms with E-state index >= 15 is 0 Å². The van der Waals surface area contributed by atoms with Crippen molar-refractivity contribution in [3.8, 4) is 0 Å². The molecule has 1 aromatic rings. The standard InChI is InChI=1S/C11H12N2O7/c1-6(15)2-13-10(19)7(8(16)5-14)3-12(11(13)20)4-9(17)18/h3,14H,2,4-5H2,1H3,(H,17,18). The highest BCUT2D eigenvalue weighted by molar-refractivity contribution is 5.96. The van der Waals surface area contributed by atoms with Crippen LogP contribution in [0.2, 0.25) is 0 Å². The van der Waals surface area contributed by atoms with Gasteiger partial charge in [0.15, 0.2) is 5.78 Å². The minimum Gasteiger partial charge on any atom is -0.480 e. The number of ketones is 2. The average Bonchev–Trinajstić information content (AvgIpc) is 2.36. The van der Waals surface area contributed by atoms with Gasteiger partial charge in [0.2, 0.25) is 0 Å². The molecule has 0 fully saturated rings. The number of rotatable bonds is 6. The topological polar surface area (TPSA) is 136 Å². The Morgan fingerprint density at radius 1 is 1.20 bits per heavy atom. The lowest BCUT2D eigenvalue weighted by Crippen LogP contribution is -2.44. The normalized spacial score (nSPS) is 10.3. The smallest absolute Gasteiger partial charge is 0.331 e. The van der Waals surface area contributed by atoms with Crippen molar-refractivity contribution in [3.63, 3.8) is 0 Å². The number of aliphatic carboxylic acids is 1. The second-order valence-electron chi connectivity index (χ2n) is 4.02. The van der Waals surface area contributed by atoms with Crippen LogP contribution in [0.3, 0.4) is 0 Å². The molecule has 9 nitrogen and oxygen atoms in total. The monoisotopic (exact) mass is 284 g/mol. The number of hydrogen-bond acceptors (Lipinski definition) is 6. The first-order valence-corrected chi connectivity index (χ1v) is 5.47.